The summed E-state index contributed by atoms with van der Waals surface area (Å²) in [4.78, 5) is 23.4. The van der Waals surface area contributed by atoms with Crippen LogP contribution >= 0.6 is 0 Å². The summed E-state index contributed by atoms with van der Waals surface area (Å²) in [5.74, 6) is -0.467. The van der Waals surface area contributed by atoms with Crippen molar-refractivity contribution in [2.45, 2.75) is 11.3 Å². The van der Waals surface area contributed by atoms with Gasteiger partial charge in [0.1, 0.15) is 0 Å². The molecule has 8 heteroatoms. The summed E-state index contributed by atoms with van der Waals surface area (Å²) in [6.45, 7) is 0. The molecular weight excluding hydrogens is 318 g/mol. The normalized spacial score (nSPS) is 13.3. The predicted molar refractivity (Wildman–Crippen MR) is 84.5 cm³/mol. The van der Waals surface area contributed by atoms with Crippen molar-refractivity contribution >= 4 is 33.2 Å². The van der Waals surface area contributed by atoms with E-state index < -0.39 is 10.0 Å². The quantitative estimate of drug-likeness (QED) is 0.780. The lowest BCUT2D eigenvalue weighted by Gasteiger charge is -2.07. The topological polar surface area (TPSA) is 118 Å². The van der Waals surface area contributed by atoms with Gasteiger partial charge in [-0.1, -0.05) is 0 Å². The first-order valence-corrected chi connectivity index (χ1v) is 8.24. The van der Waals surface area contributed by atoms with Crippen molar-refractivity contribution in [3.63, 3.8) is 0 Å². The largest absolute Gasteiger partial charge is 0.326 e. The molecule has 118 valence electrons. The molecule has 0 atom stereocenters. The van der Waals surface area contributed by atoms with Gasteiger partial charge >= 0.3 is 0 Å². The minimum atomic E-state index is -3.79. The van der Waals surface area contributed by atoms with Crippen LogP contribution in [0.2, 0.25) is 0 Å². The molecule has 7 nitrogen and oxygen atoms in total. The summed E-state index contributed by atoms with van der Waals surface area (Å²) in [5.41, 5.74) is 2.41. The van der Waals surface area contributed by atoms with Crippen LogP contribution in [-0.4, -0.2) is 20.2 Å². The van der Waals surface area contributed by atoms with E-state index in [1.165, 1.54) is 24.3 Å². The van der Waals surface area contributed by atoms with Crippen molar-refractivity contribution in [1.29, 1.82) is 0 Å². The number of fused-ring (bicyclic) bond motifs is 1. The maximum atomic E-state index is 12.2. The summed E-state index contributed by atoms with van der Waals surface area (Å²) in [6, 6.07) is 10.4. The Morgan fingerprint density at radius 1 is 1.13 bits per heavy atom. The highest BCUT2D eigenvalue weighted by molar-refractivity contribution is 7.89. The van der Waals surface area contributed by atoms with Crippen LogP contribution in [0.5, 0.6) is 0 Å². The zero-order valence-electron chi connectivity index (χ0n) is 11.9. The lowest BCUT2D eigenvalue weighted by atomic mass is 10.1. The molecule has 3 rings (SSSR count). The van der Waals surface area contributed by atoms with Crippen molar-refractivity contribution in [3.05, 3.63) is 53.6 Å². The molecule has 0 bridgehead atoms. The van der Waals surface area contributed by atoms with Gasteiger partial charge in [-0.15, -0.1) is 0 Å². The maximum absolute atomic E-state index is 12.2. The van der Waals surface area contributed by atoms with E-state index in [4.69, 9.17) is 5.14 Å². The fourth-order valence-corrected chi connectivity index (χ4v) is 2.82. The number of hydrogen-bond acceptors (Lipinski definition) is 4. The van der Waals surface area contributed by atoms with Gasteiger partial charge < -0.3 is 10.6 Å². The molecule has 0 spiro atoms. The number of nitrogens with one attached hydrogen (secondary N) is 2. The number of primary sulfonamides is 1. The van der Waals surface area contributed by atoms with E-state index >= 15 is 0 Å². The molecule has 0 aliphatic carbocycles. The van der Waals surface area contributed by atoms with E-state index in [-0.39, 0.29) is 23.1 Å². The number of rotatable bonds is 3. The molecule has 0 unspecified atom stereocenters. The molecule has 2 amide bonds. The van der Waals surface area contributed by atoms with Crippen LogP contribution in [-0.2, 0) is 21.2 Å². The first-order valence-electron chi connectivity index (χ1n) is 6.70. The fourth-order valence-electron chi connectivity index (χ4n) is 2.31. The highest BCUT2D eigenvalue weighted by atomic mass is 32.2. The van der Waals surface area contributed by atoms with Crippen molar-refractivity contribution < 1.29 is 18.0 Å². The van der Waals surface area contributed by atoms with E-state index in [1.54, 1.807) is 18.2 Å². The molecule has 0 fully saturated rings. The average molecular weight is 331 g/mol. The van der Waals surface area contributed by atoms with Gasteiger partial charge in [0.05, 0.1) is 11.3 Å². The summed E-state index contributed by atoms with van der Waals surface area (Å²) in [6.07, 6.45) is 0.280. The Kier molecular flexibility index (Phi) is 3.63. The zero-order valence-corrected chi connectivity index (χ0v) is 12.7. The van der Waals surface area contributed by atoms with Gasteiger partial charge in [-0.05, 0) is 48.0 Å². The van der Waals surface area contributed by atoms with Crippen LogP contribution in [0.4, 0.5) is 11.4 Å². The first-order chi connectivity index (χ1) is 10.8. The standard InChI is InChI=1S/C15H13N3O4S/c16-23(21,22)12-4-1-9(2-5-12)15(20)17-11-3-6-13-10(7-11)8-14(19)18-13/h1-7H,8H2,(H,17,20)(H,18,19)(H2,16,21,22). The van der Waals surface area contributed by atoms with Gasteiger partial charge in [0, 0.05) is 16.9 Å². The molecule has 4 N–H and O–H groups in total. The van der Waals surface area contributed by atoms with Crippen LogP contribution in [0.15, 0.2) is 47.4 Å². The lowest BCUT2D eigenvalue weighted by Crippen LogP contribution is -2.14. The highest BCUT2D eigenvalue weighted by Crippen LogP contribution is 2.26. The Balaban J connectivity index is 1.77. The Morgan fingerprint density at radius 2 is 1.83 bits per heavy atom. The molecule has 1 aliphatic heterocycles. The van der Waals surface area contributed by atoms with E-state index in [0.29, 0.717) is 11.3 Å². The molecule has 0 aromatic heterocycles. The lowest BCUT2D eigenvalue weighted by molar-refractivity contribution is -0.115. The number of carbonyl (C=O) groups is 2. The second-order valence-electron chi connectivity index (χ2n) is 5.12. The zero-order chi connectivity index (χ0) is 16.6. The van der Waals surface area contributed by atoms with Crippen LogP contribution in [0.3, 0.4) is 0 Å². The van der Waals surface area contributed by atoms with Crippen molar-refractivity contribution in [3.8, 4) is 0 Å². The Morgan fingerprint density at radius 3 is 2.48 bits per heavy atom. The van der Waals surface area contributed by atoms with Crippen LogP contribution in [0.1, 0.15) is 15.9 Å². The van der Waals surface area contributed by atoms with E-state index in [9.17, 15) is 18.0 Å². The Bertz CT molecular complexity index is 905. The highest BCUT2D eigenvalue weighted by Gasteiger charge is 2.18. The molecule has 23 heavy (non-hydrogen) atoms. The molecule has 0 saturated heterocycles. The third kappa shape index (κ3) is 3.22. The van der Waals surface area contributed by atoms with Crippen LogP contribution in [0.25, 0.3) is 0 Å². The minimum Gasteiger partial charge on any atom is -0.326 e. The number of amides is 2. The Labute approximate surface area is 132 Å². The smallest absolute Gasteiger partial charge is 0.255 e. The van der Waals surface area contributed by atoms with Gasteiger partial charge in [0.25, 0.3) is 5.91 Å². The number of anilines is 2. The predicted octanol–water partition coefficient (Wildman–Crippen LogP) is 1.08. The monoisotopic (exact) mass is 331 g/mol. The molecule has 0 radical (unpaired) electrons. The first kappa shape index (κ1) is 15.2. The minimum absolute atomic E-state index is 0.0591. The van der Waals surface area contributed by atoms with Gasteiger partial charge in [0.15, 0.2) is 0 Å². The van der Waals surface area contributed by atoms with Crippen molar-refractivity contribution in [1.82, 2.24) is 0 Å². The summed E-state index contributed by atoms with van der Waals surface area (Å²) in [5, 5.41) is 10.4. The third-order valence-corrected chi connectivity index (χ3v) is 4.36. The molecule has 2 aromatic rings. The van der Waals surface area contributed by atoms with Gasteiger partial charge in [0.2, 0.25) is 15.9 Å². The second-order valence-corrected chi connectivity index (χ2v) is 6.68. The number of nitrogens with two attached hydrogens (primary N) is 1. The molecule has 1 aliphatic rings. The number of sulfonamides is 1. The number of carbonyl (C=O) groups excluding carboxylic acids is 2. The second kappa shape index (κ2) is 5.49. The maximum Gasteiger partial charge on any atom is 0.255 e. The van der Waals surface area contributed by atoms with Gasteiger partial charge in [-0.2, -0.15) is 0 Å². The summed E-state index contributed by atoms with van der Waals surface area (Å²) < 4.78 is 22.4. The Hall–Kier alpha value is -2.71. The third-order valence-electron chi connectivity index (χ3n) is 3.43. The van der Waals surface area contributed by atoms with Crippen LogP contribution in [0, 0.1) is 0 Å². The van der Waals surface area contributed by atoms with Gasteiger partial charge in [-0.3, -0.25) is 9.59 Å². The summed E-state index contributed by atoms with van der Waals surface area (Å²) in [7, 11) is -3.79. The molecule has 2 aromatic carbocycles. The average Bonchev–Trinajstić information content (AvgIpc) is 2.86. The van der Waals surface area contributed by atoms with Crippen LogP contribution < -0.4 is 15.8 Å². The SMILES string of the molecule is NS(=O)(=O)c1ccc(C(=O)Nc2ccc3c(c2)CC(=O)N3)cc1. The number of benzene rings is 2. The van der Waals surface area contributed by atoms with Crippen molar-refractivity contribution in [2.75, 3.05) is 10.6 Å². The van der Waals surface area contributed by atoms with Gasteiger partial charge in [-0.25, -0.2) is 13.6 Å². The molecule has 0 saturated carbocycles. The fraction of sp³-hybridized carbons (Fsp3) is 0.0667. The number of hydrogen-bond donors (Lipinski definition) is 3. The van der Waals surface area contributed by atoms with Crippen molar-refractivity contribution in [2.24, 2.45) is 5.14 Å². The molecule has 1 heterocycles. The van der Waals surface area contributed by atoms with E-state index in [0.717, 1.165) is 11.3 Å². The molecular formula is C15H13N3O4S. The summed E-state index contributed by atoms with van der Waals surface area (Å²) >= 11 is 0. The van der Waals surface area contributed by atoms with E-state index in [1.807, 2.05) is 0 Å². The van der Waals surface area contributed by atoms with E-state index in [2.05, 4.69) is 10.6 Å².